The molecule has 0 aliphatic carbocycles. The molecular weight excluding hydrogens is 396 g/mol. The van der Waals surface area contributed by atoms with E-state index in [0.29, 0.717) is 23.2 Å². The van der Waals surface area contributed by atoms with Crippen molar-refractivity contribution < 1.29 is 9.13 Å². The van der Waals surface area contributed by atoms with Crippen LogP contribution in [0.3, 0.4) is 0 Å². The van der Waals surface area contributed by atoms with Gasteiger partial charge in [-0.05, 0) is 48.0 Å². The zero-order chi connectivity index (χ0) is 18.5. The number of anilines is 1. The molecule has 0 amide bonds. The van der Waals surface area contributed by atoms with Gasteiger partial charge < -0.3 is 10.1 Å². The molecule has 3 aromatic rings. The molecule has 0 heterocycles. The van der Waals surface area contributed by atoms with Crippen molar-refractivity contribution in [3.05, 3.63) is 92.7 Å². The minimum absolute atomic E-state index is 0.0944. The molecule has 0 aromatic heterocycles. The van der Waals surface area contributed by atoms with Crippen molar-refractivity contribution in [1.29, 1.82) is 0 Å². The number of nitrogens with one attached hydrogen (secondary N) is 1. The molecule has 0 bridgehead atoms. The van der Waals surface area contributed by atoms with Gasteiger partial charge in [-0.15, -0.1) is 0 Å². The Hall–Kier alpha value is -1.94. The van der Waals surface area contributed by atoms with Crippen LogP contribution in [-0.4, -0.2) is 0 Å². The maximum Gasteiger partial charge on any atom is 0.141 e. The molecule has 0 saturated carbocycles. The zero-order valence-corrected chi connectivity index (χ0v) is 15.9. The summed E-state index contributed by atoms with van der Waals surface area (Å²) in [5, 5.41) is 4.45. The maximum atomic E-state index is 13.2. The largest absolute Gasteiger partial charge is 0.489 e. The summed E-state index contributed by atoms with van der Waals surface area (Å²) in [6, 6.07) is 17.5. The summed E-state index contributed by atoms with van der Waals surface area (Å²) in [7, 11) is 0. The predicted molar refractivity (Wildman–Crippen MR) is 106 cm³/mol. The third kappa shape index (κ3) is 4.82. The summed E-state index contributed by atoms with van der Waals surface area (Å²) in [6.07, 6.45) is 0. The molecule has 0 atom stereocenters. The van der Waals surface area contributed by atoms with E-state index in [1.807, 2.05) is 24.3 Å². The molecule has 0 aliphatic heterocycles. The Kier molecular flexibility index (Phi) is 6.25. The Morgan fingerprint density at radius 3 is 2.19 bits per heavy atom. The molecule has 0 fully saturated rings. The fraction of sp³-hybridized carbons (Fsp3) is 0.100. The summed E-state index contributed by atoms with van der Waals surface area (Å²) in [6.45, 7) is 0.878. The average molecular weight is 411 g/mol. The van der Waals surface area contributed by atoms with Gasteiger partial charge in [0.25, 0.3) is 0 Å². The standard InChI is InChI=1S/C20H15Cl3FNO/c21-17-2-1-3-18(22)16(17)12-26-15-7-4-13(5-8-15)11-25-14-6-9-20(24)19(23)10-14/h1-10,25H,11-12H2. The lowest BCUT2D eigenvalue weighted by atomic mass is 10.2. The lowest BCUT2D eigenvalue weighted by Gasteiger charge is -2.11. The average Bonchev–Trinajstić information content (AvgIpc) is 2.63. The van der Waals surface area contributed by atoms with E-state index >= 15 is 0 Å². The topological polar surface area (TPSA) is 21.3 Å². The molecule has 0 spiro atoms. The van der Waals surface area contributed by atoms with E-state index < -0.39 is 5.82 Å². The normalized spacial score (nSPS) is 10.6. The minimum Gasteiger partial charge on any atom is -0.489 e. The van der Waals surface area contributed by atoms with Crippen LogP contribution >= 0.6 is 34.8 Å². The summed E-state index contributed by atoms with van der Waals surface area (Å²) in [5.74, 6) is 0.284. The van der Waals surface area contributed by atoms with Gasteiger partial charge in [0, 0.05) is 27.8 Å². The van der Waals surface area contributed by atoms with Crippen molar-refractivity contribution in [3.8, 4) is 5.75 Å². The Morgan fingerprint density at radius 2 is 1.54 bits per heavy atom. The fourth-order valence-electron chi connectivity index (χ4n) is 2.34. The van der Waals surface area contributed by atoms with E-state index in [9.17, 15) is 4.39 Å². The van der Waals surface area contributed by atoms with Crippen molar-refractivity contribution >= 4 is 40.5 Å². The molecule has 0 radical (unpaired) electrons. The van der Waals surface area contributed by atoms with Gasteiger partial charge in [-0.1, -0.05) is 53.0 Å². The highest BCUT2D eigenvalue weighted by molar-refractivity contribution is 6.36. The van der Waals surface area contributed by atoms with Gasteiger partial charge in [0.1, 0.15) is 18.2 Å². The van der Waals surface area contributed by atoms with Crippen LogP contribution in [0.25, 0.3) is 0 Å². The van der Waals surface area contributed by atoms with E-state index in [4.69, 9.17) is 39.5 Å². The Labute approximate surface area is 166 Å². The second-order valence-corrected chi connectivity index (χ2v) is 6.84. The molecular formula is C20H15Cl3FNO. The predicted octanol–water partition coefficient (Wildman–Crippen LogP) is 6.98. The molecule has 1 N–H and O–H groups in total. The number of hydrogen-bond donors (Lipinski definition) is 1. The molecule has 2 nitrogen and oxygen atoms in total. The third-order valence-corrected chi connectivity index (χ3v) is 4.78. The van der Waals surface area contributed by atoms with Crippen LogP contribution in [-0.2, 0) is 13.2 Å². The van der Waals surface area contributed by atoms with Gasteiger partial charge in [-0.2, -0.15) is 0 Å². The van der Waals surface area contributed by atoms with Crippen molar-refractivity contribution in [3.63, 3.8) is 0 Å². The smallest absolute Gasteiger partial charge is 0.141 e. The van der Waals surface area contributed by atoms with Gasteiger partial charge >= 0.3 is 0 Å². The molecule has 26 heavy (non-hydrogen) atoms. The highest BCUT2D eigenvalue weighted by atomic mass is 35.5. The molecule has 0 saturated heterocycles. The number of hydrogen-bond acceptors (Lipinski definition) is 2. The van der Waals surface area contributed by atoms with Crippen molar-refractivity contribution in [2.45, 2.75) is 13.2 Å². The van der Waals surface area contributed by atoms with Crippen LogP contribution < -0.4 is 10.1 Å². The van der Waals surface area contributed by atoms with Gasteiger partial charge in [-0.3, -0.25) is 0 Å². The van der Waals surface area contributed by atoms with Crippen LogP contribution in [0.2, 0.25) is 15.1 Å². The monoisotopic (exact) mass is 409 g/mol. The second-order valence-electron chi connectivity index (χ2n) is 5.62. The van der Waals surface area contributed by atoms with Crippen LogP contribution in [0.15, 0.2) is 60.7 Å². The van der Waals surface area contributed by atoms with E-state index in [1.54, 1.807) is 30.3 Å². The first-order valence-electron chi connectivity index (χ1n) is 7.86. The van der Waals surface area contributed by atoms with E-state index in [-0.39, 0.29) is 5.02 Å². The first-order chi connectivity index (χ1) is 12.5. The molecule has 3 rings (SSSR count). The number of halogens is 4. The highest BCUT2D eigenvalue weighted by Gasteiger charge is 2.06. The molecule has 3 aromatic carbocycles. The molecule has 6 heteroatoms. The molecule has 0 aliphatic rings. The number of ether oxygens (including phenoxy) is 1. The number of rotatable bonds is 6. The van der Waals surface area contributed by atoms with Gasteiger partial charge in [0.2, 0.25) is 0 Å². The Balaban J connectivity index is 1.57. The van der Waals surface area contributed by atoms with Gasteiger partial charge in [-0.25, -0.2) is 4.39 Å². The zero-order valence-electron chi connectivity index (χ0n) is 13.6. The van der Waals surface area contributed by atoms with Crippen LogP contribution in [0.4, 0.5) is 10.1 Å². The maximum absolute atomic E-state index is 13.2. The van der Waals surface area contributed by atoms with Crippen LogP contribution in [0.1, 0.15) is 11.1 Å². The lowest BCUT2D eigenvalue weighted by molar-refractivity contribution is 0.306. The fourth-order valence-corrected chi connectivity index (χ4v) is 3.03. The first-order valence-corrected chi connectivity index (χ1v) is 9.00. The van der Waals surface area contributed by atoms with Crippen molar-refractivity contribution in [2.24, 2.45) is 0 Å². The highest BCUT2D eigenvalue weighted by Crippen LogP contribution is 2.26. The van der Waals surface area contributed by atoms with Gasteiger partial charge in [0.15, 0.2) is 0 Å². The Bertz CT molecular complexity index is 880. The van der Waals surface area contributed by atoms with Crippen molar-refractivity contribution in [2.75, 3.05) is 5.32 Å². The van der Waals surface area contributed by atoms with E-state index in [2.05, 4.69) is 5.32 Å². The summed E-state index contributed by atoms with van der Waals surface area (Å²) < 4.78 is 18.9. The summed E-state index contributed by atoms with van der Waals surface area (Å²) >= 11 is 18.0. The van der Waals surface area contributed by atoms with E-state index in [1.165, 1.54) is 6.07 Å². The van der Waals surface area contributed by atoms with E-state index in [0.717, 1.165) is 22.6 Å². The van der Waals surface area contributed by atoms with Crippen molar-refractivity contribution in [1.82, 2.24) is 0 Å². The summed E-state index contributed by atoms with van der Waals surface area (Å²) in [5.41, 5.74) is 2.56. The first kappa shape index (κ1) is 18.8. The van der Waals surface area contributed by atoms with Gasteiger partial charge in [0.05, 0.1) is 5.02 Å². The van der Waals surface area contributed by atoms with Crippen LogP contribution in [0, 0.1) is 5.82 Å². The molecule has 0 unspecified atom stereocenters. The quantitative estimate of drug-likeness (QED) is 0.473. The number of benzene rings is 3. The molecule has 134 valence electrons. The minimum atomic E-state index is -0.433. The van der Waals surface area contributed by atoms with Crippen LogP contribution in [0.5, 0.6) is 5.75 Å². The second kappa shape index (κ2) is 8.63. The SMILES string of the molecule is Fc1ccc(NCc2ccc(OCc3c(Cl)cccc3Cl)cc2)cc1Cl. The lowest BCUT2D eigenvalue weighted by Crippen LogP contribution is -2.00. The summed E-state index contributed by atoms with van der Waals surface area (Å²) in [4.78, 5) is 0. The third-order valence-electron chi connectivity index (χ3n) is 3.78. The Morgan fingerprint density at radius 1 is 0.846 bits per heavy atom.